The molecule has 1 aliphatic heterocycles. The van der Waals surface area contributed by atoms with Crippen LogP contribution in [0.1, 0.15) is 35.2 Å². The highest BCUT2D eigenvalue weighted by atomic mass is 16.5. The summed E-state index contributed by atoms with van der Waals surface area (Å²) in [4.78, 5) is 32.0. The molecule has 2 heterocycles. The van der Waals surface area contributed by atoms with Gasteiger partial charge in [0, 0.05) is 24.5 Å². The molecule has 7 nitrogen and oxygen atoms in total. The molecule has 1 saturated heterocycles. The molecule has 1 fully saturated rings. The molecule has 1 aliphatic rings. The van der Waals surface area contributed by atoms with E-state index in [1.165, 1.54) is 4.90 Å². The molecule has 1 aromatic heterocycles. The zero-order valence-electron chi connectivity index (χ0n) is 19.3. The highest BCUT2D eigenvalue weighted by Gasteiger charge is 2.46. The van der Waals surface area contributed by atoms with Crippen LogP contribution >= 0.6 is 0 Å². The standard InChI is InChI=1S/C27H26N2O5/c1-4-34-21-11-12-22(17(2)14-21)25(30)23-24(19-7-9-20(33-3)10-8-19)29(27(32)26(23)31)16-18-6-5-13-28-15-18/h5-15,24,30H,4,16H2,1-3H3/b25-23-. The van der Waals surface area contributed by atoms with Gasteiger partial charge in [0.1, 0.15) is 17.3 Å². The minimum absolute atomic E-state index is 0.0475. The van der Waals surface area contributed by atoms with Crippen LogP contribution in [0, 0.1) is 6.92 Å². The first-order valence-corrected chi connectivity index (χ1v) is 11.0. The van der Waals surface area contributed by atoms with Gasteiger partial charge in [0.2, 0.25) is 0 Å². The fourth-order valence-electron chi connectivity index (χ4n) is 4.17. The van der Waals surface area contributed by atoms with E-state index >= 15 is 0 Å². The second-order valence-electron chi connectivity index (χ2n) is 7.97. The minimum atomic E-state index is -0.767. The second kappa shape index (κ2) is 9.79. The number of aliphatic hydroxyl groups is 1. The zero-order chi connectivity index (χ0) is 24.2. The third-order valence-corrected chi connectivity index (χ3v) is 5.81. The predicted octanol–water partition coefficient (Wildman–Crippen LogP) is 4.42. The maximum atomic E-state index is 13.2. The Labute approximate surface area is 198 Å². The van der Waals surface area contributed by atoms with Gasteiger partial charge in [0.25, 0.3) is 11.7 Å². The van der Waals surface area contributed by atoms with E-state index in [0.29, 0.717) is 29.2 Å². The molecule has 0 saturated carbocycles. The molecule has 0 radical (unpaired) electrons. The van der Waals surface area contributed by atoms with Crippen molar-refractivity contribution in [1.82, 2.24) is 9.88 Å². The number of carbonyl (C=O) groups excluding carboxylic acids is 2. The third-order valence-electron chi connectivity index (χ3n) is 5.81. The van der Waals surface area contributed by atoms with E-state index in [0.717, 1.165) is 11.1 Å². The predicted molar refractivity (Wildman–Crippen MR) is 127 cm³/mol. The van der Waals surface area contributed by atoms with Crippen molar-refractivity contribution in [3.8, 4) is 11.5 Å². The highest BCUT2D eigenvalue weighted by Crippen LogP contribution is 2.41. The van der Waals surface area contributed by atoms with Crippen molar-refractivity contribution in [2.24, 2.45) is 0 Å². The second-order valence-corrected chi connectivity index (χ2v) is 7.97. The van der Waals surface area contributed by atoms with Crippen LogP contribution in [0.25, 0.3) is 5.76 Å². The van der Waals surface area contributed by atoms with Crippen molar-refractivity contribution in [3.05, 3.63) is 94.8 Å². The number of methoxy groups -OCH3 is 1. The lowest BCUT2D eigenvalue weighted by molar-refractivity contribution is -0.140. The SMILES string of the molecule is CCOc1ccc(/C(O)=C2/C(=O)C(=O)N(Cc3cccnc3)C2c2ccc(OC)cc2)c(C)c1. The number of rotatable bonds is 7. The Morgan fingerprint density at radius 2 is 1.82 bits per heavy atom. The summed E-state index contributed by atoms with van der Waals surface area (Å²) in [5, 5.41) is 11.3. The van der Waals surface area contributed by atoms with E-state index in [1.54, 1.807) is 68.0 Å². The molecule has 0 aliphatic carbocycles. The number of aryl methyl sites for hydroxylation is 1. The Bertz CT molecular complexity index is 1240. The number of likely N-dealkylation sites (tertiary alicyclic amines) is 1. The van der Waals surface area contributed by atoms with Gasteiger partial charge in [-0.15, -0.1) is 0 Å². The van der Waals surface area contributed by atoms with Gasteiger partial charge in [-0.25, -0.2) is 0 Å². The first kappa shape index (κ1) is 23.0. The molecule has 0 bridgehead atoms. The molecule has 2 aromatic carbocycles. The van der Waals surface area contributed by atoms with E-state index in [4.69, 9.17) is 9.47 Å². The van der Waals surface area contributed by atoms with Crippen LogP contribution in [0.5, 0.6) is 11.5 Å². The van der Waals surface area contributed by atoms with E-state index < -0.39 is 17.7 Å². The minimum Gasteiger partial charge on any atom is -0.507 e. The van der Waals surface area contributed by atoms with Gasteiger partial charge in [-0.3, -0.25) is 14.6 Å². The maximum absolute atomic E-state index is 13.2. The molecular weight excluding hydrogens is 432 g/mol. The van der Waals surface area contributed by atoms with E-state index in [-0.39, 0.29) is 17.9 Å². The van der Waals surface area contributed by atoms with Gasteiger partial charge < -0.3 is 19.5 Å². The topological polar surface area (TPSA) is 89.0 Å². The lowest BCUT2D eigenvalue weighted by atomic mass is 9.93. The third kappa shape index (κ3) is 4.37. The number of nitrogens with zero attached hydrogens (tertiary/aromatic N) is 2. The average Bonchev–Trinajstić information content (AvgIpc) is 3.09. The number of ketones is 1. The van der Waals surface area contributed by atoms with Gasteiger partial charge in [0.05, 0.1) is 25.3 Å². The highest BCUT2D eigenvalue weighted by molar-refractivity contribution is 6.46. The van der Waals surface area contributed by atoms with Crippen LogP contribution in [0.4, 0.5) is 0 Å². The number of hydrogen-bond acceptors (Lipinski definition) is 6. The molecule has 7 heteroatoms. The van der Waals surface area contributed by atoms with Crippen molar-refractivity contribution >= 4 is 17.4 Å². The summed E-state index contributed by atoms with van der Waals surface area (Å²) >= 11 is 0. The number of carbonyl (C=O) groups is 2. The van der Waals surface area contributed by atoms with Crippen LogP contribution in [0.2, 0.25) is 0 Å². The first-order valence-electron chi connectivity index (χ1n) is 11.0. The maximum Gasteiger partial charge on any atom is 0.295 e. The van der Waals surface area contributed by atoms with E-state index in [2.05, 4.69) is 4.98 Å². The van der Waals surface area contributed by atoms with Crippen LogP contribution in [-0.2, 0) is 16.1 Å². The number of hydrogen-bond donors (Lipinski definition) is 1. The van der Waals surface area contributed by atoms with E-state index in [1.807, 2.05) is 19.9 Å². The monoisotopic (exact) mass is 458 g/mol. The van der Waals surface area contributed by atoms with Crippen molar-refractivity contribution in [1.29, 1.82) is 0 Å². The number of aromatic nitrogens is 1. The Balaban J connectivity index is 1.84. The summed E-state index contributed by atoms with van der Waals surface area (Å²) in [6, 6.07) is 15.2. The quantitative estimate of drug-likeness (QED) is 0.320. The average molecular weight is 459 g/mol. The van der Waals surface area contributed by atoms with E-state index in [9.17, 15) is 14.7 Å². The number of aliphatic hydroxyl groups excluding tert-OH is 1. The van der Waals surface area contributed by atoms with Gasteiger partial charge in [-0.2, -0.15) is 0 Å². The number of pyridine rings is 1. The lowest BCUT2D eigenvalue weighted by Gasteiger charge is -2.25. The number of Topliss-reactive ketones (excluding diaryl/α,β-unsaturated/α-hetero) is 1. The molecule has 4 rings (SSSR count). The lowest BCUT2D eigenvalue weighted by Crippen LogP contribution is -2.29. The molecule has 1 N–H and O–H groups in total. The van der Waals surface area contributed by atoms with Crippen molar-refractivity contribution < 1.29 is 24.2 Å². The fraction of sp³-hybridized carbons (Fsp3) is 0.222. The Morgan fingerprint density at radius 3 is 2.44 bits per heavy atom. The molecule has 174 valence electrons. The molecule has 3 aromatic rings. The Hall–Kier alpha value is -4.13. The largest absolute Gasteiger partial charge is 0.507 e. The molecule has 1 unspecified atom stereocenters. The fourth-order valence-corrected chi connectivity index (χ4v) is 4.17. The van der Waals surface area contributed by atoms with Gasteiger partial charge >= 0.3 is 0 Å². The number of benzene rings is 2. The summed E-state index contributed by atoms with van der Waals surface area (Å²) in [5.74, 6) is -0.297. The summed E-state index contributed by atoms with van der Waals surface area (Å²) in [6.07, 6.45) is 3.30. The summed E-state index contributed by atoms with van der Waals surface area (Å²) < 4.78 is 10.8. The van der Waals surface area contributed by atoms with Crippen LogP contribution in [0.3, 0.4) is 0 Å². The molecular formula is C27H26N2O5. The molecule has 1 atom stereocenters. The molecule has 34 heavy (non-hydrogen) atoms. The number of amides is 1. The molecule has 1 amide bonds. The summed E-state index contributed by atoms with van der Waals surface area (Å²) in [5.41, 5.74) is 2.72. The summed E-state index contributed by atoms with van der Waals surface area (Å²) in [7, 11) is 1.57. The summed E-state index contributed by atoms with van der Waals surface area (Å²) in [6.45, 7) is 4.41. The Morgan fingerprint density at radius 1 is 1.09 bits per heavy atom. The molecule has 0 spiro atoms. The number of ether oxygens (including phenoxy) is 2. The van der Waals surface area contributed by atoms with Gasteiger partial charge in [-0.1, -0.05) is 18.2 Å². The van der Waals surface area contributed by atoms with Gasteiger partial charge in [0.15, 0.2) is 0 Å². The van der Waals surface area contributed by atoms with Crippen molar-refractivity contribution in [2.75, 3.05) is 13.7 Å². The first-order chi connectivity index (χ1) is 16.4. The van der Waals surface area contributed by atoms with Crippen molar-refractivity contribution in [3.63, 3.8) is 0 Å². The smallest absolute Gasteiger partial charge is 0.295 e. The van der Waals surface area contributed by atoms with Crippen molar-refractivity contribution in [2.45, 2.75) is 26.4 Å². The normalized spacial score (nSPS) is 17.1. The van der Waals surface area contributed by atoms with Crippen LogP contribution in [-0.4, -0.2) is 40.4 Å². The Kier molecular flexibility index (Phi) is 6.63. The van der Waals surface area contributed by atoms with Gasteiger partial charge in [-0.05, 0) is 66.9 Å². The van der Waals surface area contributed by atoms with Crippen LogP contribution < -0.4 is 9.47 Å². The van der Waals surface area contributed by atoms with Crippen LogP contribution in [0.15, 0.2) is 72.6 Å². The zero-order valence-corrected chi connectivity index (χ0v) is 19.3.